The monoisotopic (exact) mass is 668 g/mol. The third-order valence-corrected chi connectivity index (χ3v) is 10.1. The van der Waals surface area contributed by atoms with Crippen molar-refractivity contribution in [2.75, 3.05) is 4.90 Å². The molecule has 0 aliphatic carbocycles. The lowest BCUT2D eigenvalue weighted by Crippen LogP contribution is -2.10. The average molecular weight is 669 g/mol. The number of para-hydroxylation sites is 3. The van der Waals surface area contributed by atoms with Gasteiger partial charge in [-0.1, -0.05) is 97.1 Å². The summed E-state index contributed by atoms with van der Waals surface area (Å²) in [4.78, 5) is 7.17. The second-order valence-electron chi connectivity index (χ2n) is 13.1. The molecule has 0 saturated carbocycles. The normalized spacial score (nSPS) is 11.8. The molecule has 0 spiro atoms. The molecule has 0 amide bonds. The van der Waals surface area contributed by atoms with Crippen molar-refractivity contribution in [2.24, 2.45) is 0 Å². The summed E-state index contributed by atoms with van der Waals surface area (Å²) < 4.78 is 19.1. The van der Waals surface area contributed by atoms with Gasteiger partial charge in [0.25, 0.3) is 0 Å². The molecule has 244 valence electrons. The Morgan fingerprint density at radius 1 is 0.404 bits per heavy atom. The molecular weight excluding hydrogens is 641 g/mol. The number of benzene rings is 8. The Hall–Kier alpha value is -7.11. The highest BCUT2D eigenvalue weighted by Gasteiger charge is 2.22. The molecule has 8 aromatic carbocycles. The van der Waals surface area contributed by atoms with Gasteiger partial charge in [0.2, 0.25) is 5.89 Å². The molecule has 0 radical (unpaired) electrons. The molecule has 0 unspecified atom stereocenters. The van der Waals surface area contributed by atoms with Gasteiger partial charge in [0, 0.05) is 33.1 Å². The standard InChI is InChI=1S/C47H28N2O3/c1-2-12-33-29(10-1)11-7-14-34(33)30-22-24-31(25-23-30)49(39-17-9-21-44-46(39)35-13-3-5-18-40(35)50-44)32-26-27-41-37(28-32)45-36(15-8-20-43(45)51-41)47-48-38-16-4-6-19-42(38)52-47/h1-28H. The quantitative estimate of drug-likeness (QED) is 0.183. The van der Waals surface area contributed by atoms with E-state index in [4.69, 9.17) is 18.2 Å². The summed E-state index contributed by atoms with van der Waals surface area (Å²) in [5.74, 6) is 0.565. The van der Waals surface area contributed by atoms with E-state index in [2.05, 4.69) is 120 Å². The number of hydrogen-bond acceptors (Lipinski definition) is 5. The van der Waals surface area contributed by atoms with Crippen LogP contribution >= 0.6 is 0 Å². The molecule has 11 rings (SSSR count). The zero-order valence-electron chi connectivity index (χ0n) is 27.8. The Balaban J connectivity index is 1.14. The fourth-order valence-electron chi connectivity index (χ4n) is 7.76. The Kier molecular flexibility index (Phi) is 6.18. The van der Waals surface area contributed by atoms with Crippen LogP contribution in [0, 0.1) is 0 Å². The average Bonchev–Trinajstić information content (AvgIpc) is 3.92. The maximum atomic E-state index is 6.45. The van der Waals surface area contributed by atoms with Gasteiger partial charge in [-0.2, -0.15) is 0 Å². The molecule has 5 heteroatoms. The zero-order chi connectivity index (χ0) is 34.2. The molecule has 52 heavy (non-hydrogen) atoms. The molecule has 3 heterocycles. The first-order chi connectivity index (χ1) is 25.8. The summed E-state index contributed by atoms with van der Waals surface area (Å²) in [6, 6.07) is 58.7. The van der Waals surface area contributed by atoms with E-state index in [-0.39, 0.29) is 0 Å². The van der Waals surface area contributed by atoms with Crippen LogP contribution in [0.25, 0.3) is 88.3 Å². The third kappa shape index (κ3) is 4.39. The molecular formula is C47H28N2O3. The second kappa shape index (κ2) is 11.2. The van der Waals surface area contributed by atoms with Gasteiger partial charge < -0.3 is 18.2 Å². The number of nitrogens with zero attached hydrogens (tertiary/aromatic N) is 2. The van der Waals surface area contributed by atoms with Crippen LogP contribution in [-0.2, 0) is 0 Å². The summed E-state index contributed by atoms with van der Waals surface area (Å²) >= 11 is 0. The van der Waals surface area contributed by atoms with E-state index in [1.165, 1.54) is 16.3 Å². The minimum atomic E-state index is 0.565. The van der Waals surface area contributed by atoms with Gasteiger partial charge in [-0.05, 0) is 94.7 Å². The minimum absolute atomic E-state index is 0.565. The Labute approximate surface area is 297 Å². The van der Waals surface area contributed by atoms with Crippen molar-refractivity contribution < 1.29 is 13.3 Å². The first-order valence-corrected chi connectivity index (χ1v) is 17.4. The van der Waals surface area contributed by atoms with E-state index in [0.717, 1.165) is 83.2 Å². The highest BCUT2D eigenvalue weighted by atomic mass is 16.4. The number of oxazole rings is 1. The predicted molar refractivity (Wildman–Crippen MR) is 212 cm³/mol. The van der Waals surface area contributed by atoms with Crippen molar-refractivity contribution in [3.63, 3.8) is 0 Å². The maximum Gasteiger partial charge on any atom is 0.228 e. The molecule has 0 N–H and O–H groups in total. The molecule has 0 atom stereocenters. The molecule has 11 aromatic rings. The van der Waals surface area contributed by atoms with Crippen molar-refractivity contribution >= 4 is 82.8 Å². The van der Waals surface area contributed by atoms with Crippen molar-refractivity contribution in [3.05, 3.63) is 170 Å². The fourth-order valence-corrected chi connectivity index (χ4v) is 7.76. The molecule has 0 aliphatic heterocycles. The maximum absolute atomic E-state index is 6.45. The first kappa shape index (κ1) is 28.7. The van der Waals surface area contributed by atoms with Gasteiger partial charge >= 0.3 is 0 Å². The van der Waals surface area contributed by atoms with E-state index in [1.54, 1.807) is 0 Å². The lowest BCUT2D eigenvalue weighted by atomic mass is 9.98. The van der Waals surface area contributed by atoms with Gasteiger partial charge in [0.05, 0.1) is 11.1 Å². The summed E-state index contributed by atoms with van der Waals surface area (Å²) in [7, 11) is 0. The number of rotatable bonds is 5. The SMILES string of the molecule is c1ccc2c(-c3ccc(N(c4ccc5oc6cccc(-c7nc8ccccc8o7)c6c5c4)c4cccc5oc6ccccc6c45)cc3)cccc2c1. The van der Waals surface area contributed by atoms with Crippen LogP contribution in [0.2, 0.25) is 0 Å². The predicted octanol–water partition coefficient (Wildman–Crippen LogP) is 13.6. The number of hydrogen-bond donors (Lipinski definition) is 0. The third-order valence-electron chi connectivity index (χ3n) is 10.1. The summed E-state index contributed by atoms with van der Waals surface area (Å²) in [5, 5.41) is 6.52. The van der Waals surface area contributed by atoms with Crippen molar-refractivity contribution in [2.45, 2.75) is 0 Å². The minimum Gasteiger partial charge on any atom is -0.456 e. The van der Waals surface area contributed by atoms with E-state index in [0.29, 0.717) is 5.89 Å². The number of fused-ring (bicyclic) bond motifs is 8. The molecule has 0 aliphatic rings. The highest BCUT2D eigenvalue weighted by Crippen LogP contribution is 2.46. The Morgan fingerprint density at radius 2 is 1.04 bits per heavy atom. The van der Waals surface area contributed by atoms with Crippen LogP contribution in [-0.4, -0.2) is 4.98 Å². The second-order valence-corrected chi connectivity index (χ2v) is 13.1. The van der Waals surface area contributed by atoms with Crippen LogP contribution in [0.3, 0.4) is 0 Å². The van der Waals surface area contributed by atoms with Gasteiger partial charge in [-0.15, -0.1) is 0 Å². The van der Waals surface area contributed by atoms with Crippen molar-refractivity contribution in [3.8, 4) is 22.6 Å². The zero-order valence-corrected chi connectivity index (χ0v) is 27.8. The van der Waals surface area contributed by atoms with Gasteiger partial charge in [0.15, 0.2) is 5.58 Å². The molecule has 0 fully saturated rings. The topological polar surface area (TPSA) is 55.6 Å². The first-order valence-electron chi connectivity index (χ1n) is 17.4. The molecule has 0 bridgehead atoms. The summed E-state index contributed by atoms with van der Waals surface area (Å²) in [6.45, 7) is 0. The van der Waals surface area contributed by atoms with E-state index < -0.39 is 0 Å². The molecule has 5 nitrogen and oxygen atoms in total. The number of furan rings is 2. The molecule has 3 aromatic heterocycles. The summed E-state index contributed by atoms with van der Waals surface area (Å²) in [6.07, 6.45) is 0. The van der Waals surface area contributed by atoms with Crippen LogP contribution < -0.4 is 4.90 Å². The van der Waals surface area contributed by atoms with Gasteiger partial charge in [-0.3, -0.25) is 0 Å². The highest BCUT2D eigenvalue weighted by molar-refractivity contribution is 6.15. The van der Waals surface area contributed by atoms with Crippen LogP contribution in [0.1, 0.15) is 0 Å². The largest absolute Gasteiger partial charge is 0.456 e. The van der Waals surface area contributed by atoms with E-state index in [1.807, 2.05) is 54.6 Å². The smallest absolute Gasteiger partial charge is 0.228 e. The number of aromatic nitrogens is 1. The summed E-state index contributed by atoms with van der Waals surface area (Å²) in [5.41, 5.74) is 11.1. The van der Waals surface area contributed by atoms with Gasteiger partial charge in [-0.25, -0.2) is 4.98 Å². The number of anilines is 3. The van der Waals surface area contributed by atoms with Crippen molar-refractivity contribution in [1.82, 2.24) is 4.98 Å². The lowest BCUT2D eigenvalue weighted by Gasteiger charge is -2.26. The van der Waals surface area contributed by atoms with Crippen molar-refractivity contribution in [1.29, 1.82) is 0 Å². The van der Waals surface area contributed by atoms with Gasteiger partial charge in [0.1, 0.15) is 27.8 Å². The Morgan fingerprint density at radius 3 is 1.90 bits per heavy atom. The van der Waals surface area contributed by atoms with Crippen LogP contribution in [0.15, 0.2) is 183 Å². The Bertz CT molecular complexity index is 3110. The fraction of sp³-hybridized carbons (Fsp3) is 0. The van der Waals surface area contributed by atoms with E-state index >= 15 is 0 Å². The van der Waals surface area contributed by atoms with Crippen LogP contribution in [0.5, 0.6) is 0 Å². The van der Waals surface area contributed by atoms with E-state index in [9.17, 15) is 0 Å². The van der Waals surface area contributed by atoms with Crippen LogP contribution in [0.4, 0.5) is 17.1 Å². The lowest BCUT2D eigenvalue weighted by molar-refractivity contribution is 0.620. The molecule has 0 saturated heterocycles.